The number of benzene rings is 2. The Hall–Kier alpha value is -3.33. The Morgan fingerprint density at radius 1 is 1.08 bits per heavy atom. The van der Waals surface area contributed by atoms with Crippen molar-refractivity contribution < 1.29 is 32.2 Å². The van der Waals surface area contributed by atoms with Crippen LogP contribution in [0.25, 0.3) is 10.9 Å². The predicted octanol–water partition coefficient (Wildman–Crippen LogP) is 6.09. The number of carbonyl (C=O) groups excluding carboxylic acids is 2. The summed E-state index contributed by atoms with van der Waals surface area (Å²) in [5.74, 6) is -1.64. The number of methoxy groups -OCH3 is 1. The van der Waals surface area contributed by atoms with Gasteiger partial charge in [0.15, 0.2) is 0 Å². The highest BCUT2D eigenvalue weighted by molar-refractivity contribution is 5.98. The zero-order chi connectivity index (χ0) is 26.3. The third-order valence-corrected chi connectivity index (χ3v) is 7.68. The summed E-state index contributed by atoms with van der Waals surface area (Å²) in [6.45, 7) is 3.62. The van der Waals surface area contributed by atoms with Crippen LogP contribution in [-0.4, -0.2) is 41.7 Å². The minimum Gasteiger partial charge on any atom is -0.496 e. The van der Waals surface area contributed by atoms with E-state index in [1.807, 2.05) is 19.2 Å². The largest absolute Gasteiger partial charge is 0.496 e. The first-order chi connectivity index (χ1) is 17.7. The number of carbonyl (C=O) groups is 2. The van der Waals surface area contributed by atoms with Gasteiger partial charge >= 0.3 is 18.1 Å². The molecule has 3 aromatic rings. The van der Waals surface area contributed by atoms with Crippen molar-refractivity contribution in [2.75, 3.05) is 13.7 Å². The highest BCUT2D eigenvalue weighted by atomic mass is 19.4. The molecule has 196 valence electrons. The average molecular weight is 515 g/mol. The molecule has 0 unspecified atom stereocenters. The number of alkyl halides is 3. The Morgan fingerprint density at radius 2 is 1.81 bits per heavy atom. The zero-order valence-corrected chi connectivity index (χ0v) is 20.7. The lowest BCUT2D eigenvalue weighted by Crippen LogP contribution is -2.37. The lowest BCUT2D eigenvalue weighted by Gasteiger charge is -2.40. The molecule has 2 atom stereocenters. The molecular formula is C28H29F3N2O4. The van der Waals surface area contributed by atoms with Crippen LogP contribution >= 0.6 is 0 Å². The van der Waals surface area contributed by atoms with Gasteiger partial charge in [0.05, 0.1) is 12.7 Å². The maximum atomic E-state index is 12.5. The molecule has 5 rings (SSSR count). The van der Waals surface area contributed by atoms with Crippen LogP contribution in [-0.2, 0) is 16.1 Å². The Labute approximate surface area is 212 Å². The van der Waals surface area contributed by atoms with Gasteiger partial charge in [0, 0.05) is 35.2 Å². The fourth-order valence-corrected chi connectivity index (χ4v) is 5.60. The van der Waals surface area contributed by atoms with Crippen molar-refractivity contribution in [2.45, 2.75) is 51.4 Å². The number of rotatable bonds is 6. The van der Waals surface area contributed by atoms with Crippen LogP contribution in [0.2, 0.25) is 0 Å². The molecule has 2 aromatic carbocycles. The third kappa shape index (κ3) is 5.23. The molecule has 0 bridgehead atoms. The molecule has 1 aliphatic carbocycles. The van der Waals surface area contributed by atoms with Crippen LogP contribution in [0.15, 0.2) is 42.6 Å². The number of nitrogens with one attached hydrogen (secondary N) is 1. The van der Waals surface area contributed by atoms with Gasteiger partial charge in [0.25, 0.3) is 0 Å². The third-order valence-electron chi connectivity index (χ3n) is 7.68. The van der Waals surface area contributed by atoms with Crippen LogP contribution in [0.5, 0.6) is 5.75 Å². The molecule has 1 N–H and O–H groups in total. The van der Waals surface area contributed by atoms with Gasteiger partial charge in [-0.05, 0) is 86.4 Å². The number of halogens is 3. The maximum absolute atomic E-state index is 12.5. The molecule has 0 amide bonds. The molecule has 1 saturated heterocycles. The molecule has 2 fully saturated rings. The van der Waals surface area contributed by atoms with Crippen molar-refractivity contribution in [3.8, 4) is 5.75 Å². The number of aromatic amines is 1. The molecule has 37 heavy (non-hydrogen) atoms. The number of piperidine rings is 1. The van der Waals surface area contributed by atoms with Gasteiger partial charge in [-0.15, -0.1) is 0 Å². The van der Waals surface area contributed by atoms with Crippen molar-refractivity contribution in [1.29, 1.82) is 0 Å². The van der Waals surface area contributed by atoms with Crippen molar-refractivity contribution in [3.05, 3.63) is 64.8 Å². The monoisotopic (exact) mass is 514 g/mol. The highest BCUT2D eigenvalue weighted by Crippen LogP contribution is 2.47. The first kappa shape index (κ1) is 25.3. The number of aryl methyl sites for hydroxylation is 1. The Bertz CT molecular complexity index is 1310. The molecule has 2 aliphatic rings. The summed E-state index contributed by atoms with van der Waals surface area (Å²) in [6.07, 6.45) is 1.29. The number of esters is 2. The van der Waals surface area contributed by atoms with Gasteiger partial charge in [-0.25, -0.2) is 9.59 Å². The molecule has 9 heteroatoms. The first-order valence-corrected chi connectivity index (χ1v) is 12.5. The molecule has 0 spiro atoms. The Kier molecular flexibility index (Phi) is 6.74. The van der Waals surface area contributed by atoms with Crippen molar-refractivity contribution in [3.63, 3.8) is 0 Å². The number of likely N-dealkylation sites (tertiary alicyclic amines) is 1. The molecule has 1 aromatic heterocycles. The molecule has 6 nitrogen and oxygen atoms in total. The summed E-state index contributed by atoms with van der Waals surface area (Å²) in [6, 6.07) is 10.5. The number of H-pyrrole nitrogens is 1. The lowest BCUT2D eigenvalue weighted by atomic mass is 9.83. The standard InChI is InChI=1S/C28H29F3N2O4/c1-16-13-24(36-2)22(21-9-11-32-25(16)21)15-33-12-10-20(17-3-4-17)14-23(33)18-5-7-19(8-6-18)26(34)37-27(35)28(29,30)31/h5-9,11,13,17,20,23,32H,3-4,10,12,14-15H2,1-2H3/t20-,23-/m0/s1. The number of ether oxygens (including phenoxy) is 2. The molecule has 0 radical (unpaired) electrons. The van der Waals surface area contributed by atoms with E-state index >= 15 is 0 Å². The van der Waals surface area contributed by atoms with Crippen molar-refractivity contribution >= 4 is 22.8 Å². The number of nitrogens with zero attached hydrogens (tertiary/aromatic N) is 1. The fraction of sp³-hybridized carbons (Fsp3) is 0.429. The fourth-order valence-electron chi connectivity index (χ4n) is 5.60. The Balaban J connectivity index is 1.41. The van der Waals surface area contributed by atoms with E-state index in [0.717, 1.165) is 58.6 Å². The highest BCUT2D eigenvalue weighted by Gasteiger charge is 2.43. The predicted molar refractivity (Wildman–Crippen MR) is 131 cm³/mol. The van der Waals surface area contributed by atoms with E-state index in [4.69, 9.17) is 4.74 Å². The topological polar surface area (TPSA) is 71.6 Å². The van der Waals surface area contributed by atoms with Gasteiger partial charge in [-0.1, -0.05) is 12.1 Å². The van der Waals surface area contributed by atoms with E-state index in [1.165, 1.54) is 25.0 Å². The average Bonchev–Trinajstić information content (AvgIpc) is 3.60. The quantitative estimate of drug-likeness (QED) is 0.318. The summed E-state index contributed by atoms with van der Waals surface area (Å²) >= 11 is 0. The molecular weight excluding hydrogens is 485 g/mol. The van der Waals surface area contributed by atoms with E-state index in [1.54, 1.807) is 19.2 Å². The second-order valence-electron chi connectivity index (χ2n) is 10.0. The zero-order valence-electron chi connectivity index (χ0n) is 20.7. The normalized spacial score (nSPS) is 20.7. The maximum Gasteiger partial charge on any atom is 0.491 e. The minimum absolute atomic E-state index is 0.0706. The minimum atomic E-state index is -5.22. The molecule has 1 aliphatic heterocycles. The van der Waals surface area contributed by atoms with E-state index in [9.17, 15) is 22.8 Å². The van der Waals surface area contributed by atoms with Crippen LogP contribution in [0, 0.1) is 18.8 Å². The summed E-state index contributed by atoms with van der Waals surface area (Å²) in [5, 5.41) is 1.12. The summed E-state index contributed by atoms with van der Waals surface area (Å²) < 4.78 is 47.1. The van der Waals surface area contributed by atoms with E-state index in [0.29, 0.717) is 12.5 Å². The van der Waals surface area contributed by atoms with Crippen LogP contribution in [0.1, 0.15) is 58.8 Å². The second kappa shape index (κ2) is 9.85. The number of hydrogen-bond acceptors (Lipinski definition) is 5. The lowest BCUT2D eigenvalue weighted by molar-refractivity contribution is -0.193. The van der Waals surface area contributed by atoms with Crippen LogP contribution < -0.4 is 4.74 Å². The van der Waals surface area contributed by atoms with E-state index in [-0.39, 0.29) is 11.6 Å². The SMILES string of the molecule is COc1cc(C)c2[nH]ccc2c1CN1CC[C@H](C2CC2)C[C@H]1c1ccc(C(=O)OC(=O)C(F)(F)F)cc1. The van der Waals surface area contributed by atoms with E-state index < -0.39 is 18.1 Å². The number of hydrogen-bond donors (Lipinski definition) is 1. The summed E-state index contributed by atoms with van der Waals surface area (Å²) in [5.41, 5.74) is 4.16. The second-order valence-corrected chi connectivity index (χ2v) is 10.0. The number of fused-ring (bicyclic) bond motifs is 1. The summed E-state index contributed by atoms with van der Waals surface area (Å²) in [4.78, 5) is 28.8. The van der Waals surface area contributed by atoms with Crippen LogP contribution in [0.3, 0.4) is 0 Å². The smallest absolute Gasteiger partial charge is 0.491 e. The number of aromatic nitrogens is 1. The van der Waals surface area contributed by atoms with Crippen molar-refractivity contribution in [2.24, 2.45) is 11.8 Å². The molecule has 1 saturated carbocycles. The van der Waals surface area contributed by atoms with Gasteiger partial charge in [0.2, 0.25) is 0 Å². The van der Waals surface area contributed by atoms with E-state index in [2.05, 4.69) is 20.7 Å². The van der Waals surface area contributed by atoms with Gasteiger partial charge in [0.1, 0.15) is 5.75 Å². The van der Waals surface area contributed by atoms with Gasteiger partial charge < -0.3 is 14.5 Å². The van der Waals surface area contributed by atoms with Gasteiger partial charge in [-0.3, -0.25) is 4.90 Å². The Morgan fingerprint density at radius 3 is 2.46 bits per heavy atom. The summed E-state index contributed by atoms with van der Waals surface area (Å²) in [7, 11) is 1.68. The van der Waals surface area contributed by atoms with Crippen molar-refractivity contribution in [1.82, 2.24) is 9.88 Å². The van der Waals surface area contributed by atoms with Gasteiger partial charge in [-0.2, -0.15) is 13.2 Å². The first-order valence-electron chi connectivity index (χ1n) is 12.5. The van der Waals surface area contributed by atoms with Crippen LogP contribution in [0.4, 0.5) is 13.2 Å². The molecule has 2 heterocycles.